The molecule has 0 atom stereocenters. The molecule has 0 aromatic heterocycles. The van der Waals surface area contributed by atoms with Gasteiger partial charge in [0.2, 0.25) is 0 Å². The Balaban J connectivity index is 2.02. The molecule has 0 saturated carbocycles. The van der Waals surface area contributed by atoms with Gasteiger partial charge in [-0.05, 0) is 39.7 Å². The van der Waals surface area contributed by atoms with Gasteiger partial charge in [0, 0.05) is 11.0 Å². The largest absolute Gasteiger partial charge is 0.416 e. The lowest BCUT2D eigenvalue weighted by molar-refractivity contribution is -0.138. The highest BCUT2D eigenvalue weighted by Gasteiger charge is 2.32. The second kappa shape index (κ2) is 6.83. The third kappa shape index (κ3) is 4.24. The Morgan fingerprint density at radius 3 is 2.36 bits per heavy atom. The topological polar surface area (TPSA) is 41.1 Å². The van der Waals surface area contributed by atoms with E-state index in [-0.39, 0.29) is 12.1 Å². The average Bonchev–Trinajstić information content (AvgIpc) is 2.47. The SMILES string of the molecule is O=C(NCc1ccccc1C(F)(F)F)Nc1ccccc1Br. The van der Waals surface area contributed by atoms with Gasteiger partial charge in [-0.2, -0.15) is 13.2 Å². The predicted molar refractivity (Wildman–Crippen MR) is 81.4 cm³/mol. The van der Waals surface area contributed by atoms with Crippen molar-refractivity contribution in [2.45, 2.75) is 12.7 Å². The third-order valence-electron chi connectivity index (χ3n) is 2.88. The Bertz CT molecular complexity index is 674. The first-order valence-electron chi connectivity index (χ1n) is 6.32. The van der Waals surface area contributed by atoms with Crippen LogP contribution >= 0.6 is 15.9 Å². The van der Waals surface area contributed by atoms with Crippen molar-refractivity contribution in [3.8, 4) is 0 Å². The molecule has 2 aromatic rings. The van der Waals surface area contributed by atoms with Gasteiger partial charge in [0.1, 0.15) is 0 Å². The number of hydrogen-bond acceptors (Lipinski definition) is 1. The fraction of sp³-hybridized carbons (Fsp3) is 0.133. The van der Waals surface area contributed by atoms with E-state index in [9.17, 15) is 18.0 Å². The number of alkyl halides is 3. The number of urea groups is 1. The molecule has 0 aliphatic rings. The van der Waals surface area contributed by atoms with Gasteiger partial charge in [-0.25, -0.2) is 4.79 Å². The molecule has 0 saturated heterocycles. The summed E-state index contributed by atoms with van der Waals surface area (Å²) >= 11 is 3.27. The lowest BCUT2D eigenvalue weighted by Crippen LogP contribution is -2.29. The molecule has 0 bridgehead atoms. The van der Waals surface area contributed by atoms with Crippen LogP contribution in [-0.2, 0) is 12.7 Å². The second-order valence-corrected chi connectivity index (χ2v) is 5.30. The molecule has 2 aromatic carbocycles. The van der Waals surface area contributed by atoms with Crippen molar-refractivity contribution in [1.82, 2.24) is 5.32 Å². The zero-order valence-corrected chi connectivity index (χ0v) is 12.8. The van der Waals surface area contributed by atoms with Crippen LogP contribution in [0.5, 0.6) is 0 Å². The van der Waals surface area contributed by atoms with E-state index in [1.165, 1.54) is 18.2 Å². The first-order valence-corrected chi connectivity index (χ1v) is 7.11. The Morgan fingerprint density at radius 1 is 1.05 bits per heavy atom. The van der Waals surface area contributed by atoms with E-state index in [1.807, 2.05) is 0 Å². The Kier molecular flexibility index (Phi) is 5.07. The third-order valence-corrected chi connectivity index (χ3v) is 3.58. The molecule has 2 rings (SSSR count). The number of hydrogen-bond donors (Lipinski definition) is 2. The number of carbonyl (C=O) groups is 1. The van der Waals surface area contributed by atoms with Gasteiger partial charge >= 0.3 is 12.2 Å². The van der Waals surface area contributed by atoms with Gasteiger partial charge in [-0.15, -0.1) is 0 Å². The van der Waals surface area contributed by atoms with Crippen molar-refractivity contribution in [3.05, 3.63) is 64.1 Å². The number of halogens is 4. The van der Waals surface area contributed by atoms with Crippen molar-refractivity contribution in [2.24, 2.45) is 0 Å². The molecule has 0 aliphatic carbocycles. The van der Waals surface area contributed by atoms with Crippen molar-refractivity contribution in [1.29, 1.82) is 0 Å². The molecule has 7 heteroatoms. The number of carbonyl (C=O) groups excluding carboxylic acids is 1. The zero-order chi connectivity index (χ0) is 16.2. The van der Waals surface area contributed by atoms with Crippen molar-refractivity contribution in [3.63, 3.8) is 0 Å². The fourth-order valence-electron chi connectivity index (χ4n) is 1.86. The van der Waals surface area contributed by atoms with Crippen molar-refractivity contribution < 1.29 is 18.0 Å². The number of rotatable bonds is 3. The van der Waals surface area contributed by atoms with E-state index in [0.717, 1.165) is 6.07 Å². The number of anilines is 1. The van der Waals surface area contributed by atoms with Crippen LogP contribution < -0.4 is 10.6 Å². The van der Waals surface area contributed by atoms with Crippen LogP contribution in [0.25, 0.3) is 0 Å². The van der Waals surface area contributed by atoms with Crippen LogP contribution in [0.3, 0.4) is 0 Å². The van der Waals surface area contributed by atoms with Crippen molar-refractivity contribution >= 4 is 27.6 Å². The normalized spacial score (nSPS) is 11.1. The summed E-state index contributed by atoms with van der Waals surface area (Å²) < 4.78 is 39.2. The van der Waals surface area contributed by atoms with E-state index in [1.54, 1.807) is 24.3 Å². The predicted octanol–water partition coefficient (Wildman–Crippen LogP) is 4.79. The van der Waals surface area contributed by atoms with E-state index in [2.05, 4.69) is 26.6 Å². The minimum atomic E-state index is -4.45. The Labute approximate surface area is 133 Å². The first kappa shape index (κ1) is 16.4. The summed E-state index contributed by atoms with van der Waals surface area (Å²) in [7, 11) is 0. The molecule has 2 amide bonds. The van der Waals surface area contributed by atoms with E-state index in [0.29, 0.717) is 10.2 Å². The first-order chi connectivity index (χ1) is 10.4. The molecule has 0 fully saturated rings. The monoisotopic (exact) mass is 372 g/mol. The molecular weight excluding hydrogens is 361 g/mol. The van der Waals surface area contributed by atoms with Crippen LogP contribution in [-0.4, -0.2) is 6.03 Å². The van der Waals surface area contributed by atoms with Crippen LogP contribution in [0.4, 0.5) is 23.7 Å². The van der Waals surface area contributed by atoms with E-state index < -0.39 is 17.8 Å². The quantitative estimate of drug-likeness (QED) is 0.798. The summed E-state index contributed by atoms with van der Waals surface area (Å²) in [5.41, 5.74) is -0.211. The van der Waals surface area contributed by atoms with Gasteiger partial charge in [0.05, 0.1) is 11.3 Å². The maximum atomic E-state index is 12.8. The fourth-order valence-corrected chi connectivity index (χ4v) is 2.24. The Morgan fingerprint density at radius 2 is 1.68 bits per heavy atom. The summed E-state index contributed by atoms with van der Waals surface area (Å²) in [6.07, 6.45) is -4.45. The van der Waals surface area contributed by atoms with Gasteiger partial charge in [0.25, 0.3) is 0 Å². The minimum absolute atomic E-state index is 0.0114. The van der Waals surface area contributed by atoms with E-state index >= 15 is 0 Å². The molecule has 0 spiro atoms. The maximum absolute atomic E-state index is 12.8. The van der Waals surface area contributed by atoms with Crippen LogP contribution in [0.2, 0.25) is 0 Å². The zero-order valence-electron chi connectivity index (χ0n) is 11.2. The number of benzene rings is 2. The Hall–Kier alpha value is -2.02. The molecular formula is C15H12BrF3N2O. The summed E-state index contributed by atoms with van der Waals surface area (Å²) in [5.74, 6) is 0. The highest BCUT2D eigenvalue weighted by molar-refractivity contribution is 9.10. The molecule has 116 valence electrons. The highest BCUT2D eigenvalue weighted by atomic mass is 79.9. The molecule has 0 heterocycles. The number of amides is 2. The summed E-state index contributed by atoms with van der Waals surface area (Å²) in [6, 6.07) is 11.5. The minimum Gasteiger partial charge on any atom is -0.334 e. The lowest BCUT2D eigenvalue weighted by atomic mass is 10.1. The second-order valence-electron chi connectivity index (χ2n) is 4.44. The van der Waals surface area contributed by atoms with E-state index in [4.69, 9.17) is 0 Å². The average molecular weight is 373 g/mol. The standard InChI is InChI=1S/C15H12BrF3N2O/c16-12-7-3-4-8-13(12)21-14(22)20-9-10-5-1-2-6-11(10)15(17,18)19/h1-8H,9H2,(H2,20,21,22). The molecule has 0 radical (unpaired) electrons. The summed E-state index contributed by atoms with van der Waals surface area (Å²) in [5, 5.41) is 4.98. The smallest absolute Gasteiger partial charge is 0.334 e. The molecule has 3 nitrogen and oxygen atoms in total. The lowest BCUT2D eigenvalue weighted by Gasteiger charge is -2.14. The van der Waals surface area contributed by atoms with Crippen LogP contribution in [0.1, 0.15) is 11.1 Å². The van der Waals surface area contributed by atoms with Gasteiger partial charge in [0.15, 0.2) is 0 Å². The molecule has 0 aliphatic heterocycles. The number of nitrogens with one attached hydrogen (secondary N) is 2. The number of para-hydroxylation sites is 1. The van der Waals surface area contributed by atoms with Crippen LogP contribution in [0, 0.1) is 0 Å². The van der Waals surface area contributed by atoms with Gasteiger partial charge in [-0.1, -0.05) is 30.3 Å². The van der Waals surface area contributed by atoms with Gasteiger partial charge in [-0.3, -0.25) is 0 Å². The summed E-state index contributed by atoms with van der Waals surface area (Å²) in [4.78, 5) is 11.8. The summed E-state index contributed by atoms with van der Waals surface area (Å²) in [6.45, 7) is -0.216. The van der Waals surface area contributed by atoms with Gasteiger partial charge < -0.3 is 10.6 Å². The molecule has 0 unspecified atom stereocenters. The maximum Gasteiger partial charge on any atom is 0.416 e. The van der Waals surface area contributed by atoms with Crippen LogP contribution in [0.15, 0.2) is 53.0 Å². The van der Waals surface area contributed by atoms with Crippen molar-refractivity contribution in [2.75, 3.05) is 5.32 Å². The highest BCUT2D eigenvalue weighted by Crippen LogP contribution is 2.31. The molecule has 22 heavy (non-hydrogen) atoms. The molecule has 2 N–H and O–H groups in total.